The number of hydrogen-bond donors (Lipinski definition) is 9. The molecule has 0 fully saturated rings. The Morgan fingerprint density at radius 3 is 1.29 bits per heavy atom. The lowest BCUT2D eigenvalue weighted by atomic mass is 10.1. The van der Waals surface area contributed by atoms with E-state index in [1.165, 1.54) is 12.1 Å². The first-order valence-electron chi connectivity index (χ1n) is 15.8. The van der Waals surface area contributed by atoms with Crippen molar-refractivity contribution in [1.82, 2.24) is 0 Å². The van der Waals surface area contributed by atoms with Crippen molar-refractivity contribution in [3.63, 3.8) is 0 Å². The highest BCUT2D eigenvalue weighted by molar-refractivity contribution is 9.10. The van der Waals surface area contributed by atoms with E-state index in [1.807, 2.05) is 36.4 Å². The second-order valence-corrected chi connectivity index (χ2v) is 12.4. The first kappa shape index (κ1) is 60.6. The third kappa shape index (κ3) is 26.0. The number of aromatic hydroxyl groups is 1. The molecule has 0 radical (unpaired) electrons. The van der Waals surface area contributed by atoms with Crippen molar-refractivity contribution in [3.05, 3.63) is 129 Å². The monoisotopic (exact) mass is 956 g/mol. The number of ether oxygens (including phenoxy) is 1. The summed E-state index contributed by atoms with van der Waals surface area (Å²) in [4.78, 5) is 41.7. The molecule has 0 bridgehead atoms. The van der Waals surface area contributed by atoms with E-state index in [4.69, 9.17) is 53.2 Å². The second kappa shape index (κ2) is 31.9. The molecule has 0 saturated carbocycles. The number of benzene rings is 4. The van der Waals surface area contributed by atoms with Crippen LogP contribution in [0, 0.1) is 11.6 Å². The molecule has 13 N–H and O–H groups in total. The fourth-order valence-corrected chi connectivity index (χ4v) is 4.46. The van der Waals surface area contributed by atoms with Gasteiger partial charge in [0.25, 0.3) is 0 Å². The van der Waals surface area contributed by atoms with Crippen LogP contribution < -0.4 is 27.7 Å². The van der Waals surface area contributed by atoms with E-state index in [0.717, 1.165) is 39.4 Å². The number of nitrogens with two attached hydrogens (primary N) is 4. The Hall–Kier alpha value is -4.06. The van der Waals surface area contributed by atoms with Crippen molar-refractivity contribution in [1.29, 1.82) is 0 Å². The summed E-state index contributed by atoms with van der Waals surface area (Å²) in [6.45, 7) is 0. The average molecular weight is 958 g/mol. The summed E-state index contributed by atoms with van der Waals surface area (Å²) in [7, 11) is 1.57. The van der Waals surface area contributed by atoms with Crippen LogP contribution in [0.25, 0.3) is 0 Å². The van der Waals surface area contributed by atoms with Crippen molar-refractivity contribution >= 4 is 93.8 Å². The van der Waals surface area contributed by atoms with Crippen LogP contribution in [-0.4, -0.2) is 80.7 Å². The third-order valence-corrected chi connectivity index (χ3v) is 7.50. The Morgan fingerprint density at radius 2 is 0.914 bits per heavy atom. The molecule has 0 amide bonds. The fraction of sp³-hybridized carbons (Fsp3) is 0.243. The van der Waals surface area contributed by atoms with Crippen molar-refractivity contribution in [2.45, 2.75) is 49.9 Å². The van der Waals surface area contributed by atoms with Gasteiger partial charge in [0.05, 0.1) is 7.11 Å². The van der Waals surface area contributed by atoms with E-state index in [9.17, 15) is 28.0 Å². The molecule has 0 aliphatic heterocycles. The molecule has 4 aromatic carbocycles. The lowest BCUT2D eigenvalue weighted by Gasteiger charge is -2.07. The minimum atomic E-state index is -1.20. The van der Waals surface area contributed by atoms with Gasteiger partial charge in [-0.2, -0.15) is 54.0 Å². The lowest BCUT2D eigenvalue weighted by Crippen LogP contribution is -2.32. The summed E-state index contributed by atoms with van der Waals surface area (Å²) in [5.41, 5.74) is 24.0. The van der Waals surface area contributed by atoms with Crippen molar-refractivity contribution in [2.24, 2.45) is 22.9 Å². The lowest BCUT2D eigenvalue weighted by molar-refractivity contribution is -0.139. The number of phenolic OH excluding ortho intramolecular Hbond substituents is 1. The molecule has 0 heterocycles. The Morgan fingerprint density at radius 1 is 0.552 bits per heavy atom. The standard InChI is InChI=1S/C10H13NO3.C9H10BrNO2.C9H9F2NO2.C9H11NO3.4H2S/c1-14-8-4-2-3-7(5-8)6-9(11)10(12)13;10-7-3-1-6(2-4-7)5-8(11)9(12)13;10-6-1-5(2-7(11)4-6)3-8(12)9(13)14;10-8(9(12)13)5-6-2-1-3-7(11)4-6;;;;/h2-5,9H,6,11H2,1H3,(H,12,13);1-4,8H,5,11H2,(H,12,13);1-2,4,8H,3,12H2,(H,13,14);1-4,8,11H,5,10H2,(H,12,13);4*1H2/t9-;3*8-;;;;/m0000..../s1. The van der Waals surface area contributed by atoms with Crippen molar-refractivity contribution in [3.8, 4) is 11.5 Å². The molecule has 0 spiro atoms. The molecule has 21 heteroatoms. The Kier molecular flexibility index (Phi) is 33.3. The van der Waals surface area contributed by atoms with Gasteiger partial charge in [-0.3, -0.25) is 19.2 Å². The fourth-order valence-electron chi connectivity index (χ4n) is 4.20. The average Bonchev–Trinajstić information content (AvgIpc) is 3.09. The van der Waals surface area contributed by atoms with Gasteiger partial charge in [0.1, 0.15) is 47.3 Å². The maximum absolute atomic E-state index is 12.7. The van der Waals surface area contributed by atoms with E-state index < -0.39 is 59.7 Å². The van der Waals surface area contributed by atoms with Crippen molar-refractivity contribution in [2.75, 3.05) is 7.11 Å². The number of methoxy groups -OCH3 is 1. The number of carboxylic acids is 4. The summed E-state index contributed by atoms with van der Waals surface area (Å²) < 4.78 is 31.3. The van der Waals surface area contributed by atoms with E-state index in [-0.39, 0.29) is 78.1 Å². The van der Waals surface area contributed by atoms with Gasteiger partial charge in [-0.25, -0.2) is 8.78 Å². The first-order valence-corrected chi connectivity index (χ1v) is 16.6. The molecular weight excluding hydrogens is 907 g/mol. The van der Waals surface area contributed by atoms with Crippen LogP contribution in [-0.2, 0) is 44.9 Å². The van der Waals surface area contributed by atoms with Crippen LogP contribution in [0.2, 0.25) is 0 Å². The van der Waals surface area contributed by atoms with Gasteiger partial charge in [0, 0.05) is 10.5 Å². The van der Waals surface area contributed by atoms with Gasteiger partial charge in [0.15, 0.2) is 0 Å². The highest BCUT2D eigenvalue weighted by Crippen LogP contribution is 2.15. The van der Waals surface area contributed by atoms with Crippen LogP contribution in [0.15, 0.2) is 95.5 Å². The van der Waals surface area contributed by atoms with Gasteiger partial charge in [-0.1, -0.05) is 52.3 Å². The Labute approximate surface area is 370 Å². The van der Waals surface area contributed by atoms with Gasteiger partial charge >= 0.3 is 23.9 Å². The molecule has 324 valence electrons. The van der Waals surface area contributed by atoms with E-state index in [1.54, 1.807) is 31.4 Å². The topological polar surface area (TPSA) is 283 Å². The molecular formula is C37H51BrF2N4O10S4. The number of phenols is 1. The molecule has 4 atom stereocenters. The molecule has 58 heavy (non-hydrogen) atoms. The van der Waals surface area contributed by atoms with Crippen LogP contribution in [0.3, 0.4) is 0 Å². The van der Waals surface area contributed by atoms with E-state index >= 15 is 0 Å². The van der Waals surface area contributed by atoms with Crippen LogP contribution in [0.1, 0.15) is 22.3 Å². The first-order chi connectivity index (χ1) is 25.3. The number of carbonyl (C=O) groups is 4. The predicted molar refractivity (Wildman–Crippen MR) is 240 cm³/mol. The quantitative estimate of drug-likeness (QED) is 0.0923. The zero-order valence-corrected chi connectivity index (χ0v) is 36.6. The summed E-state index contributed by atoms with van der Waals surface area (Å²) in [5, 5.41) is 43.2. The number of aliphatic carboxylic acids is 4. The Balaban J connectivity index is -0.000000328. The molecule has 0 aromatic heterocycles. The minimum Gasteiger partial charge on any atom is -0.508 e. The predicted octanol–water partition coefficient (Wildman–Crippen LogP) is 3.77. The molecule has 4 aromatic rings. The van der Waals surface area contributed by atoms with Crippen molar-refractivity contribution < 1.29 is 58.2 Å². The molecule has 0 aliphatic rings. The zero-order valence-electron chi connectivity index (χ0n) is 31.0. The molecule has 0 aliphatic carbocycles. The summed E-state index contributed by atoms with van der Waals surface area (Å²) >= 11 is 3.29. The summed E-state index contributed by atoms with van der Waals surface area (Å²) in [6, 6.07) is 20.2. The zero-order chi connectivity index (χ0) is 41.0. The third-order valence-electron chi connectivity index (χ3n) is 6.97. The summed E-state index contributed by atoms with van der Waals surface area (Å²) in [5.74, 6) is -4.85. The van der Waals surface area contributed by atoms with Gasteiger partial charge in [0.2, 0.25) is 0 Å². The summed E-state index contributed by atoms with van der Waals surface area (Å²) in [6.07, 6.45) is 0.808. The SMILES string of the molecule is COc1cccc(C[C@H](N)C(=O)O)c1.N[C@@H](Cc1cc(F)cc(F)c1)C(=O)O.N[C@@H](Cc1ccc(Br)cc1)C(=O)O.N[C@@H](Cc1cccc(O)c1)C(=O)O.S.S.S.S. The molecule has 0 unspecified atom stereocenters. The number of hydrogen-bond acceptors (Lipinski definition) is 10. The minimum absolute atomic E-state index is 0. The largest absolute Gasteiger partial charge is 0.508 e. The van der Waals surface area contributed by atoms with Crippen LogP contribution in [0.5, 0.6) is 11.5 Å². The highest BCUT2D eigenvalue weighted by atomic mass is 79.9. The smallest absolute Gasteiger partial charge is 0.320 e. The molecule has 4 rings (SSSR count). The number of halogens is 3. The Bertz CT molecular complexity index is 1820. The van der Waals surface area contributed by atoms with Gasteiger partial charge < -0.3 is 53.2 Å². The second-order valence-electron chi connectivity index (χ2n) is 11.5. The molecule has 0 saturated heterocycles. The van der Waals surface area contributed by atoms with Crippen LogP contribution in [0.4, 0.5) is 8.78 Å². The number of rotatable bonds is 13. The molecule has 14 nitrogen and oxygen atoms in total. The number of carboxylic acid groups (broad SMARTS) is 4. The van der Waals surface area contributed by atoms with Gasteiger partial charge in [-0.15, -0.1) is 0 Å². The maximum atomic E-state index is 12.7. The van der Waals surface area contributed by atoms with E-state index in [2.05, 4.69) is 15.9 Å². The normalized spacial score (nSPS) is 11.5. The van der Waals surface area contributed by atoms with Gasteiger partial charge in [-0.05, 0) is 96.5 Å². The highest BCUT2D eigenvalue weighted by Gasteiger charge is 2.15. The van der Waals surface area contributed by atoms with Crippen LogP contribution >= 0.6 is 69.9 Å². The van der Waals surface area contributed by atoms with E-state index in [0.29, 0.717) is 18.6 Å². The maximum Gasteiger partial charge on any atom is 0.320 e.